The molecule has 17 heavy (non-hydrogen) atoms. The third kappa shape index (κ3) is 3.07. The molecular weight excluding hydrogens is 218 g/mol. The van der Waals surface area contributed by atoms with E-state index in [1.807, 2.05) is 24.3 Å². The number of nitrogens with one attached hydrogen (secondary N) is 2. The third-order valence-electron chi connectivity index (χ3n) is 2.31. The van der Waals surface area contributed by atoms with Crippen LogP contribution in [-0.4, -0.2) is 17.1 Å². The number of benzene rings is 1. The Balaban J connectivity index is 1.99. The smallest absolute Gasteiger partial charge is 0.252 e. The van der Waals surface area contributed by atoms with Crippen molar-refractivity contribution in [2.24, 2.45) is 0 Å². The van der Waals surface area contributed by atoms with Crippen LogP contribution in [0.2, 0.25) is 0 Å². The summed E-state index contributed by atoms with van der Waals surface area (Å²) < 4.78 is 5.07. The van der Waals surface area contributed by atoms with Gasteiger partial charge < -0.3 is 15.0 Å². The summed E-state index contributed by atoms with van der Waals surface area (Å²) in [6.07, 6.45) is 1.37. The number of anilines is 1. The van der Waals surface area contributed by atoms with E-state index in [-0.39, 0.29) is 5.56 Å². The van der Waals surface area contributed by atoms with Gasteiger partial charge in [0.2, 0.25) is 0 Å². The summed E-state index contributed by atoms with van der Waals surface area (Å²) in [6.45, 7) is 0.612. The minimum absolute atomic E-state index is 0.169. The van der Waals surface area contributed by atoms with Crippen molar-refractivity contribution < 1.29 is 4.74 Å². The lowest BCUT2D eigenvalue weighted by Gasteiger charge is -2.05. The Morgan fingerprint density at radius 2 is 2.12 bits per heavy atom. The zero-order valence-corrected chi connectivity index (χ0v) is 9.43. The molecule has 0 radical (unpaired) electrons. The minimum Gasteiger partial charge on any atom is -0.497 e. The molecule has 5 heteroatoms. The molecule has 1 aromatic heterocycles. The van der Waals surface area contributed by atoms with Crippen LogP contribution < -0.4 is 15.6 Å². The highest BCUT2D eigenvalue weighted by Crippen LogP contribution is 2.12. The van der Waals surface area contributed by atoms with Gasteiger partial charge in [-0.1, -0.05) is 12.1 Å². The van der Waals surface area contributed by atoms with E-state index >= 15 is 0 Å². The van der Waals surface area contributed by atoms with Gasteiger partial charge in [0.1, 0.15) is 11.6 Å². The molecule has 0 aliphatic rings. The molecule has 88 valence electrons. The molecule has 0 atom stereocenters. The van der Waals surface area contributed by atoms with Crippen molar-refractivity contribution in [1.29, 1.82) is 0 Å². The van der Waals surface area contributed by atoms with E-state index in [0.29, 0.717) is 12.4 Å². The maximum atomic E-state index is 11.0. The second-order valence-corrected chi connectivity index (χ2v) is 3.50. The normalized spacial score (nSPS) is 9.94. The number of methoxy groups -OCH3 is 1. The van der Waals surface area contributed by atoms with Crippen LogP contribution >= 0.6 is 0 Å². The number of aromatic amines is 1. The van der Waals surface area contributed by atoms with Crippen molar-refractivity contribution in [3.8, 4) is 5.75 Å². The molecule has 1 aromatic carbocycles. The van der Waals surface area contributed by atoms with Gasteiger partial charge in [0.25, 0.3) is 5.56 Å². The number of nitrogens with zero attached hydrogens (tertiary/aromatic N) is 1. The molecule has 0 saturated carbocycles. The zero-order valence-electron chi connectivity index (χ0n) is 9.43. The SMILES string of the molecule is COc1ccc(CNc2cc(=O)[nH]cn2)cc1. The van der Waals surface area contributed by atoms with Crippen molar-refractivity contribution in [1.82, 2.24) is 9.97 Å². The fourth-order valence-electron chi connectivity index (χ4n) is 1.40. The predicted octanol–water partition coefficient (Wildman–Crippen LogP) is 1.39. The highest BCUT2D eigenvalue weighted by atomic mass is 16.5. The summed E-state index contributed by atoms with van der Waals surface area (Å²) in [5.41, 5.74) is 0.921. The van der Waals surface area contributed by atoms with E-state index in [9.17, 15) is 4.79 Å². The second-order valence-electron chi connectivity index (χ2n) is 3.50. The lowest BCUT2D eigenvalue weighted by Crippen LogP contribution is -2.08. The summed E-state index contributed by atoms with van der Waals surface area (Å²) in [7, 11) is 1.63. The first-order chi connectivity index (χ1) is 8.28. The van der Waals surface area contributed by atoms with E-state index in [2.05, 4.69) is 15.3 Å². The van der Waals surface area contributed by atoms with Gasteiger partial charge in [-0.2, -0.15) is 0 Å². The van der Waals surface area contributed by atoms with Crippen LogP contribution in [0.1, 0.15) is 5.56 Å². The van der Waals surface area contributed by atoms with Crippen molar-refractivity contribution in [2.75, 3.05) is 12.4 Å². The molecule has 5 nitrogen and oxygen atoms in total. The Hall–Kier alpha value is -2.30. The van der Waals surface area contributed by atoms with E-state index in [1.165, 1.54) is 12.4 Å². The fraction of sp³-hybridized carbons (Fsp3) is 0.167. The van der Waals surface area contributed by atoms with E-state index in [4.69, 9.17) is 4.74 Å². The summed E-state index contributed by atoms with van der Waals surface area (Å²) in [6, 6.07) is 9.12. The van der Waals surface area contributed by atoms with Crippen LogP contribution in [0.5, 0.6) is 5.75 Å². The van der Waals surface area contributed by atoms with Gasteiger partial charge in [-0.25, -0.2) is 4.98 Å². The molecular formula is C12H13N3O2. The van der Waals surface area contributed by atoms with Crippen molar-refractivity contribution in [3.63, 3.8) is 0 Å². The molecule has 0 amide bonds. The van der Waals surface area contributed by atoms with Crippen molar-refractivity contribution in [3.05, 3.63) is 52.6 Å². The molecule has 2 aromatic rings. The highest BCUT2D eigenvalue weighted by Gasteiger charge is 1.96. The Bertz CT molecular complexity index is 534. The van der Waals surface area contributed by atoms with Crippen molar-refractivity contribution >= 4 is 5.82 Å². The van der Waals surface area contributed by atoms with Gasteiger partial charge in [0.05, 0.1) is 13.4 Å². The van der Waals surface area contributed by atoms with Crippen LogP contribution in [0.3, 0.4) is 0 Å². The summed E-state index contributed by atoms with van der Waals surface area (Å²) in [4.78, 5) is 17.5. The predicted molar refractivity (Wildman–Crippen MR) is 65.2 cm³/mol. The number of rotatable bonds is 4. The summed E-state index contributed by atoms with van der Waals surface area (Å²) >= 11 is 0. The fourth-order valence-corrected chi connectivity index (χ4v) is 1.40. The Morgan fingerprint density at radius 3 is 2.76 bits per heavy atom. The van der Waals surface area contributed by atoms with Crippen LogP contribution in [0.25, 0.3) is 0 Å². The zero-order chi connectivity index (χ0) is 12.1. The Morgan fingerprint density at radius 1 is 1.35 bits per heavy atom. The number of H-pyrrole nitrogens is 1. The molecule has 2 rings (SSSR count). The Kier molecular flexibility index (Phi) is 3.40. The van der Waals surface area contributed by atoms with Crippen LogP contribution in [0.4, 0.5) is 5.82 Å². The van der Waals surface area contributed by atoms with E-state index in [1.54, 1.807) is 7.11 Å². The Labute approximate surface area is 98.5 Å². The van der Waals surface area contributed by atoms with E-state index < -0.39 is 0 Å². The van der Waals surface area contributed by atoms with Gasteiger partial charge in [-0.05, 0) is 17.7 Å². The van der Waals surface area contributed by atoms with Crippen LogP contribution in [0, 0.1) is 0 Å². The van der Waals surface area contributed by atoms with Crippen LogP contribution in [-0.2, 0) is 6.54 Å². The molecule has 0 aliphatic heterocycles. The number of hydrogen-bond donors (Lipinski definition) is 2. The van der Waals surface area contributed by atoms with Gasteiger partial charge in [-0.3, -0.25) is 4.79 Å². The second kappa shape index (κ2) is 5.16. The van der Waals surface area contributed by atoms with Gasteiger partial charge in [0, 0.05) is 12.6 Å². The number of ether oxygens (including phenoxy) is 1. The summed E-state index contributed by atoms with van der Waals surface area (Å²) in [5.74, 6) is 1.38. The lowest BCUT2D eigenvalue weighted by molar-refractivity contribution is 0.414. The van der Waals surface area contributed by atoms with Gasteiger partial charge in [-0.15, -0.1) is 0 Å². The molecule has 1 heterocycles. The maximum absolute atomic E-state index is 11.0. The maximum Gasteiger partial charge on any atom is 0.252 e. The number of aromatic nitrogens is 2. The lowest BCUT2D eigenvalue weighted by atomic mass is 10.2. The minimum atomic E-state index is -0.169. The topological polar surface area (TPSA) is 67.0 Å². The first kappa shape index (κ1) is 11.2. The third-order valence-corrected chi connectivity index (χ3v) is 2.31. The molecule has 2 N–H and O–H groups in total. The monoisotopic (exact) mass is 231 g/mol. The molecule has 0 fully saturated rings. The average Bonchev–Trinajstić information content (AvgIpc) is 2.37. The van der Waals surface area contributed by atoms with Gasteiger partial charge >= 0.3 is 0 Å². The van der Waals surface area contributed by atoms with E-state index in [0.717, 1.165) is 11.3 Å². The molecule has 0 aliphatic carbocycles. The first-order valence-corrected chi connectivity index (χ1v) is 5.19. The standard InChI is InChI=1S/C12H13N3O2/c1-17-10-4-2-9(3-5-10)7-13-11-6-12(16)15-8-14-11/h2-6,8H,7H2,1H3,(H2,13,14,15,16). The van der Waals surface area contributed by atoms with Crippen molar-refractivity contribution in [2.45, 2.75) is 6.54 Å². The quantitative estimate of drug-likeness (QED) is 0.834. The van der Waals surface area contributed by atoms with Gasteiger partial charge in [0.15, 0.2) is 0 Å². The number of hydrogen-bond acceptors (Lipinski definition) is 4. The first-order valence-electron chi connectivity index (χ1n) is 5.19. The molecule has 0 bridgehead atoms. The largest absolute Gasteiger partial charge is 0.497 e. The summed E-state index contributed by atoms with van der Waals surface area (Å²) in [5, 5.41) is 3.07. The molecule has 0 unspecified atom stereocenters. The molecule has 0 saturated heterocycles. The molecule has 0 spiro atoms. The average molecular weight is 231 g/mol. The van der Waals surface area contributed by atoms with Crippen LogP contribution in [0.15, 0.2) is 41.5 Å². The highest BCUT2D eigenvalue weighted by molar-refractivity contribution is 5.35.